The van der Waals surface area contributed by atoms with Gasteiger partial charge in [0.05, 0.1) is 11.8 Å². The number of rotatable bonds is 2. The van der Waals surface area contributed by atoms with Gasteiger partial charge in [0.25, 0.3) is 0 Å². The molecule has 1 aromatic carbocycles. The molecule has 0 spiro atoms. The highest BCUT2D eigenvalue weighted by Crippen LogP contribution is 2.36. The summed E-state index contributed by atoms with van der Waals surface area (Å²) in [7, 11) is 1.73. The van der Waals surface area contributed by atoms with Crippen LogP contribution in [0.3, 0.4) is 0 Å². The van der Waals surface area contributed by atoms with Crippen molar-refractivity contribution in [1.82, 2.24) is 5.32 Å². The molecule has 2 aromatic rings. The summed E-state index contributed by atoms with van der Waals surface area (Å²) in [5.41, 5.74) is -0.101. The van der Waals surface area contributed by atoms with E-state index in [4.69, 9.17) is 4.42 Å². The third-order valence-corrected chi connectivity index (χ3v) is 2.35. The van der Waals surface area contributed by atoms with E-state index in [1.807, 2.05) is 0 Å². The monoisotopic (exact) mass is 229 g/mol. The van der Waals surface area contributed by atoms with Crippen LogP contribution in [-0.2, 0) is 12.7 Å². The van der Waals surface area contributed by atoms with E-state index >= 15 is 0 Å². The van der Waals surface area contributed by atoms with Gasteiger partial charge in [0.15, 0.2) is 0 Å². The second-order valence-electron chi connectivity index (χ2n) is 3.47. The first-order valence-electron chi connectivity index (χ1n) is 4.75. The van der Waals surface area contributed by atoms with E-state index < -0.39 is 11.7 Å². The number of nitrogens with one attached hydrogen (secondary N) is 1. The third-order valence-electron chi connectivity index (χ3n) is 2.35. The van der Waals surface area contributed by atoms with Crippen molar-refractivity contribution < 1.29 is 17.6 Å². The van der Waals surface area contributed by atoms with Crippen LogP contribution in [0.2, 0.25) is 0 Å². The summed E-state index contributed by atoms with van der Waals surface area (Å²) in [4.78, 5) is 0. The van der Waals surface area contributed by atoms with E-state index in [1.165, 1.54) is 12.3 Å². The zero-order valence-electron chi connectivity index (χ0n) is 8.56. The van der Waals surface area contributed by atoms with Crippen molar-refractivity contribution in [2.45, 2.75) is 12.7 Å². The second kappa shape index (κ2) is 3.83. The predicted octanol–water partition coefficient (Wildman–Crippen LogP) is 3.17. The molecule has 0 aliphatic carbocycles. The number of halogens is 3. The molecule has 16 heavy (non-hydrogen) atoms. The van der Waals surface area contributed by atoms with Gasteiger partial charge in [-0.2, -0.15) is 13.2 Å². The number of para-hydroxylation sites is 1. The Bertz CT molecular complexity index is 501. The Morgan fingerprint density at radius 3 is 2.69 bits per heavy atom. The van der Waals surface area contributed by atoms with Crippen molar-refractivity contribution >= 4 is 11.0 Å². The first-order chi connectivity index (χ1) is 7.54. The van der Waals surface area contributed by atoms with Crippen molar-refractivity contribution in [3.8, 4) is 0 Å². The summed E-state index contributed by atoms with van der Waals surface area (Å²) in [6.07, 6.45) is -3.02. The fourth-order valence-electron chi connectivity index (χ4n) is 1.66. The van der Waals surface area contributed by atoms with Crippen LogP contribution in [0.25, 0.3) is 11.0 Å². The molecule has 0 amide bonds. The molecule has 0 unspecified atom stereocenters. The van der Waals surface area contributed by atoms with Crippen LogP contribution >= 0.6 is 0 Å². The Morgan fingerprint density at radius 2 is 2.06 bits per heavy atom. The lowest BCUT2D eigenvalue weighted by atomic mass is 10.1. The Hall–Kier alpha value is -1.49. The smallest absolute Gasteiger partial charge is 0.420 e. The molecule has 2 nitrogen and oxygen atoms in total. The van der Waals surface area contributed by atoms with Crippen molar-refractivity contribution in [2.75, 3.05) is 7.05 Å². The minimum absolute atomic E-state index is 0.0970. The molecule has 0 aliphatic heterocycles. The number of fused-ring (bicyclic) bond motifs is 1. The Balaban J connectivity index is 2.62. The van der Waals surface area contributed by atoms with E-state index in [9.17, 15) is 13.2 Å². The first kappa shape index (κ1) is 11.0. The van der Waals surface area contributed by atoms with Crippen LogP contribution in [0.5, 0.6) is 0 Å². The molecule has 0 fully saturated rings. The summed E-state index contributed by atoms with van der Waals surface area (Å²) in [6, 6.07) is 4.04. The molecule has 86 valence electrons. The maximum absolute atomic E-state index is 12.6. The van der Waals surface area contributed by atoms with Crippen molar-refractivity contribution in [2.24, 2.45) is 0 Å². The Labute approximate surface area is 90.0 Å². The lowest BCUT2D eigenvalue weighted by Crippen LogP contribution is -2.06. The van der Waals surface area contributed by atoms with Gasteiger partial charge in [0.2, 0.25) is 0 Å². The minimum Gasteiger partial charge on any atom is -0.463 e. The fourth-order valence-corrected chi connectivity index (χ4v) is 1.66. The largest absolute Gasteiger partial charge is 0.463 e. The topological polar surface area (TPSA) is 25.2 Å². The average molecular weight is 229 g/mol. The minimum atomic E-state index is -4.38. The van der Waals surface area contributed by atoms with Gasteiger partial charge in [-0.25, -0.2) is 0 Å². The molecule has 1 aromatic heterocycles. The molecular weight excluding hydrogens is 219 g/mol. The number of alkyl halides is 3. The number of hydrogen-bond acceptors (Lipinski definition) is 2. The lowest BCUT2D eigenvalue weighted by Gasteiger charge is -2.06. The van der Waals surface area contributed by atoms with Crippen molar-refractivity contribution in [3.63, 3.8) is 0 Å². The Morgan fingerprint density at radius 1 is 1.31 bits per heavy atom. The average Bonchev–Trinajstić information content (AvgIpc) is 2.61. The van der Waals surface area contributed by atoms with Gasteiger partial charge in [-0.05, 0) is 13.1 Å². The van der Waals surface area contributed by atoms with Crippen LogP contribution in [0.4, 0.5) is 13.2 Å². The van der Waals surface area contributed by atoms with Crippen LogP contribution in [0, 0.1) is 0 Å². The zero-order chi connectivity index (χ0) is 11.8. The Kier molecular flexibility index (Phi) is 2.63. The quantitative estimate of drug-likeness (QED) is 0.855. The molecule has 0 bridgehead atoms. The number of benzene rings is 1. The lowest BCUT2D eigenvalue weighted by molar-refractivity contribution is -0.136. The van der Waals surface area contributed by atoms with Gasteiger partial charge in [-0.15, -0.1) is 0 Å². The number of hydrogen-bond donors (Lipinski definition) is 1. The predicted molar refractivity (Wildman–Crippen MR) is 54.0 cm³/mol. The van der Waals surface area contributed by atoms with Crippen LogP contribution in [0.15, 0.2) is 28.9 Å². The SMILES string of the molecule is CNCc1coc2c(C(F)(F)F)cccc12. The molecule has 2 rings (SSSR count). The second-order valence-corrected chi connectivity index (χ2v) is 3.47. The summed E-state index contributed by atoms with van der Waals surface area (Å²) < 4.78 is 42.9. The highest BCUT2D eigenvalue weighted by Gasteiger charge is 2.34. The van der Waals surface area contributed by atoms with Crippen molar-refractivity contribution in [3.05, 3.63) is 35.6 Å². The van der Waals surface area contributed by atoms with Gasteiger partial charge >= 0.3 is 6.18 Å². The van der Waals surface area contributed by atoms with E-state index in [1.54, 1.807) is 13.1 Å². The fraction of sp³-hybridized carbons (Fsp3) is 0.273. The highest BCUT2D eigenvalue weighted by molar-refractivity contribution is 5.84. The summed E-state index contributed by atoms with van der Waals surface area (Å²) in [5, 5.41) is 3.38. The van der Waals surface area contributed by atoms with E-state index in [-0.39, 0.29) is 5.58 Å². The molecule has 1 N–H and O–H groups in total. The van der Waals surface area contributed by atoms with E-state index in [2.05, 4.69) is 5.32 Å². The summed E-state index contributed by atoms with van der Waals surface area (Å²) in [5.74, 6) is 0. The maximum Gasteiger partial charge on any atom is 0.420 e. The standard InChI is InChI=1S/C11H10F3NO/c1-15-5-7-6-16-10-8(7)3-2-4-9(10)11(12,13)14/h2-4,6,15H,5H2,1H3. The van der Waals surface area contributed by atoms with Gasteiger partial charge in [-0.3, -0.25) is 0 Å². The van der Waals surface area contributed by atoms with Gasteiger partial charge in [0, 0.05) is 17.5 Å². The molecule has 0 radical (unpaired) electrons. The maximum atomic E-state index is 12.6. The normalized spacial score (nSPS) is 12.2. The van der Waals surface area contributed by atoms with Gasteiger partial charge in [-0.1, -0.05) is 12.1 Å². The molecule has 0 aliphatic rings. The molecule has 0 saturated carbocycles. The van der Waals surface area contributed by atoms with Gasteiger partial charge in [0.1, 0.15) is 5.58 Å². The summed E-state index contributed by atoms with van der Waals surface area (Å²) >= 11 is 0. The van der Waals surface area contributed by atoms with Crippen LogP contribution < -0.4 is 5.32 Å². The molecular formula is C11H10F3NO. The van der Waals surface area contributed by atoms with E-state index in [0.29, 0.717) is 11.9 Å². The number of furan rings is 1. The third kappa shape index (κ3) is 1.78. The first-order valence-corrected chi connectivity index (χ1v) is 4.75. The molecule has 5 heteroatoms. The molecule has 1 heterocycles. The molecule has 0 saturated heterocycles. The van der Waals surface area contributed by atoms with Crippen LogP contribution in [0.1, 0.15) is 11.1 Å². The van der Waals surface area contributed by atoms with E-state index in [0.717, 1.165) is 11.6 Å². The zero-order valence-corrected chi connectivity index (χ0v) is 8.56. The highest BCUT2D eigenvalue weighted by atomic mass is 19.4. The van der Waals surface area contributed by atoms with Gasteiger partial charge < -0.3 is 9.73 Å². The molecule has 0 atom stereocenters. The van der Waals surface area contributed by atoms with Crippen LogP contribution in [-0.4, -0.2) is 7.05 Å². The van der Waals surface area contributed by atoms with Crippen molar-refractivity contribution in [1.29, 1.82) is 0 Å². The summed E-state index contributed by atoms with van der Waals surface area (Å²) in [6.45, 7) is 0.480.